The molecule has 0 bridgehead atoms. The van der Waals surface area contributed by atoms with Gasteiger partial charge in [-0.15, -0.1) is 0 Å². The zero-order valence-electron chi connectivity index (χ0n) is 7.29. The summed E-state index contributed by atoms with van der Waals surface area (Å²) in [5, 5.41) is 17.8. The van der Waals surface area contributed by atoms with E-state index >= 15 is 0 Å². The second-order valence-electron chi connectivity index (χ2n) is 2.83. The molecule has 0 spiro atoms. The Bertz CT molecular complexity index is 379. The average Bonchev–Trinajstić information content (AvgIpc) is 2.12. The summed E-state index contributed by atoms with van der Waals surface area (Å²) in [4.78, 5) is 10.5. The van der Waals surface area contributed by atoms with Crippen molar-refractivity contribution in [2.24, 2.45) is 0 Å². The lowest BCUT2D eigenvalue weighted by Crippen LogP contribution is -2.13. The van der Waals surface area contributed by atoms with E-state index in [1.54, 1.807) is 6.92 Å². The van der Waals surface area contributed by atoms with Gasteiger partial charge in [0.25, 0.3) is 0 Å². The highest BCUT2D eigenvalue weighted by Crippen LogP contribution is 2.29. The predicted molar refractivity (Wildman–Crippen MR) is 51.4 cm³/mol. The highest BCUT2D eigenvalue weighted by Gasteiger charge is 2.23. The SMILES string of the molecule is Cc1ccc(F)c([C@H](O)C(=O)O)c1Br. The number of carboxylic acids is 1. The molecule has 14 heavy (non-hydrogen) atoms. The molecule has 1 rings (SSSR count). The summed E-state index contributed by atoms with van der Waals surface area (Å²) in [6.45, 7) is 1.68. The van der Waals surface area contributed by atoms with E-state index in [0.717, 1.165) is 6.07 Å². The molecule has 0 unspecified atom stereocenters. The molecule has 3 nitrogen and oxygen atoms in total. The maximum atomic E-state index is 13.2. The molecule has 0 aromatic heterocycles. The Morgan fingerprint density at radius 3 is 2.64 bits per heavy atom. The monoisotopic (exact) mass is 262 g/mol. The Hall–Kier alpha value is -0.940. The quantitative estimate of drug-likeness (QED) is 0.858. The van der Waals surface area contributed by atoms with Crippen molar-refractivity contribution < 1.29 is 19.4 Å². The van der Waals surface area contributed by atoms with Gasteiger partial charge in [-0.05, 0) is 18.6 Å². The number of carboxylic acid groups (broad SMARTS) is 1. The largest absolute Gasteiger partial charge is 0.479 e. The number of aryl methyl sites for hydroxylation is 1. The van der Waals surface area contributed by atoms with E-state index in [1.807, 2.05) is 0 Å². The molecule has 0 fully saturated rings. The summed E-state index contributed by atoms with van der Waals surface area (Å²) in [5.74, 6) is -2.22. The van der Waals surface area contributed by atoms with Crippen LogP contribution >= 0.6 is 15.9 Å². The first-order valence-electron chi connectivity index (χ1n) is 3.80. The van der Waals surface area contributed by atoms with E-state index in [0.29, 0.717) is 5.56 Å². The highest BCUT2D eigenvalue weighted by atomic mass is 79.9. The van der Waals surface area contributed by atoms with Crippen LogP contribution in [0.3, 0.4) is 0 Å². The van der Waals surface area contributed by atoms with Gasteiger partial charge in [-0.3, -0.25) is 0 Å². The summed E-state index contributed by atoms with van der Waals surface area (Å²) >= 11 is 3.04. The second kappa shape index (κ2) is 4.06. The summed E-state index contributed by atoms with van der Waals surface area (Å²) in [6.07, 6.45) is -1.84. The van der Waals surface area contributed by atoms with Crippen molar-refractivity contribution in [3.8, 4) is 0 Å². The minimum absolute atomic E-state index is 0.238. The van der Waals surface area contributed by atoms with Gasteiger partial charge in [-0.1, -0.05) is 22.0 Å². The lowest BCUT2D eigenvalue weighted by atomic mass is 10.1. The van der Waals surface area contributed by atoms with Crippen LogP contribution in [0.4, 0.5) is 4.39 Å². The van der Waals surface area contributed by atoms with Gasteiger partial charge >= 0.3 is 5.97 Å². The molecule has 0 aliphatic carbocycles. The summed E-state index contributed by atoms with van der Waals surface area (Å²) in [5.41, 5.74) is 0.430. The maximum Gasteiger partial charge on any atom is 0.337 e. The third-order valence-corrected chi connectivity index (χ3v) is 2.88. The zero-order chi connectivity index (χ0) is 10.9. The van der Waals surface area contributed by atoms with Crippen molar-refractivity contribution in [3.63, 3.8) is 0 Å². The molecule has 2 N–H and O–H groups in total. The number of benzene rings is 1. The smallest absolute Gasteiger partial charge is 0.337 e. The lowest BCUT2D eigenvalue weighted by Gasteiger charge is -2.11. The summed E-state index contributed by atoms with van der Waals surface area (Å²) in [7, 11) is 0. The van der Waals surface area contributed by atoms with Crippen molar-refractivity contribution in [3.05, 3.63) is 33.5 Å². The zero-order valence-corrected chi connectivity index (χ0v) is 8.88. The van der Waals surface area contributed by atoms with Crippen LogP contribution in [0, 0.1) is 12.7 Å². The van der Waals surface area contributed by atoms with Crippen LogP contribution < -0.4 is 0 Å². The Morgan fingerprint density at radius 1 is 1.57 bits per heavy atom. The molecule has 0 amide bonds. The topological polar surface area (TPSA) is 57.5 Å². The van der Waals surface area contributed by atoms with Crippen LogP contribution in [0.2, 0.25) is 0 Å². The average molecular weight is 263 g/mol. The van der Waals surface area contributed by atoms with Crippen molar-refractivity contribution in [2.75, 3.05) is 0 Å². The van der Waals surface area contributed by atoms with E-state index in [2.05, 4.69) is 15.9 Å². The number of rotatable bonds is 2. The fourth-order valence-corrected chi connectivity index (χ4v) is 1.59. The molecule has 1 atom stereocenters. The number of hydrogen-bond donors (Lipinski definition) is 2. The molecule has 0 heterocycles. The third kappa shape index (κ3) is 1.93. The molecule has 1 aromatic carbocycles. The Labute approximate surface area is 88.3 Å². The molecule has 5 heteroatoms. The first-order valence-corrected chi connectivity index (χ1v) is 4.59. The molecule has 0 aliphatic heterocycles. The molecule has 0 radical (unpaired) electrons. The number of aliphatic hydroxyl groups excluding tert-OH is 1. The Balaban J connectivity index is 3.32. The van der Waals surface area contributed by atoms with Crippen LogP contribution in [-0.2, 0) is 4.79 Å². The van der Waals surface area contributed by atoms with Gasteiger partial charge in [0.05, 0.1) is 0 Å². The summed E-state index contributed by atoms with van der Waals surface area (Å²) in [6, 6.07) is 2.62. The molecule has 0 saturated carbocycles. The van der Waals surface area contributed by atoms with Crippen molar-refractivity contribution >= 4 is 21.9 Å². The standard InChI is InChI=1S/C9H8BrFO3/c1-4-2-3-5(11)6(7(4)10)8(12)9(13)14/h2-3,8,12H,1H3,(H,13,14)/t8-/m0/s1. The van der Waals surface area contributed by atoms with Gasteiger partial charge in [0, 0.05) is 10.0 Å². The van der Waals surface area contributed by atoms with Crippen molar-refractivity contribution in [1.82, 2.24) is 0 Å². The predicted octanol–water partition coefficient (Wildman–Crippen LogP) is 2.01. The normalized spacial score (nSPS) is 12.6. The van der Waals surface area contributed by atoms with E-state index in [9.17, 15) is 14.3 Å². The van der Waals surface area contributed by atoms with E-state index in [1.165, 1.54) is 6.07 Å². The van der Waals surface area contributed by atoms with Crippen molar-refractivity contribution in [2.45, 2.75) is 13.0 Å². The first-order chi connectivity index (χ1) is 6.45. The molecular weight excluding hydrogens is 255 g/mol. The van der Waals surface area contributed by atoms with Crippen LogP contribution in [0.1, 0.15) is 17.2 Å². The third-order valence-electron chi connectivity index (χ3n) is 1.83. The maximum absolute atomic E-state index is 13.2. The van der Waals surface area contributed by atoms with Crippen LogP contribution in [-0.4, -0.2) is 16.2 Å². The van der Waals surface area contributed by atoms with Crippen LogP contribution in [0.15, 0.2) is 16.6 Å². The van der Waals surface area contributed by atoms with Crippen LogP contribution in [0.25, 0.3) is 0 Å². The number of aliphatic hydroxyl groups is 1. The lowest BCUT2D eigenvalue weighted by molar-refractivity contribution is -0.147. The van der Waals surface area contributed by atoms with Crippen LogP contribution in [0.5, 0.6) is 0 Å². The number of aliphatic carboxylic acids is 1. The van der Waals surface area contributed by atoms with Crippen molar-refractivity contribution in [1.29, 1.82) is 0 Å². The number of hydrogen-bond acceptors (Lipinski definition) is 2. The highest BCUT2D eigenvalue weighted by molar-refractivity contribution is 9.10. The fourth-order valence-electron chi connectivity index (χ4n) is 1.05. The molecule has 0 saturated heterocycles. The van der Waals surface area contributed by atoms with Gasteiger partial charge in [0.2, 0.25) is 0 Å². The minimum atomic E-state index is -1.84. The van der Waals surface area contributed by atoms with Gasteiger partial charge in [-0.25, -0.2) is 9.18 Å². The van der Waals surface area contributed by atoms with Gasteiger partial charge in [0.15, 0.2) is 6.10 Å². The van der Waals surface area contributed by atoms with Gasteiger partial charge in [0.1, 0.15) is 5.82 Å². The Morgan fingerprint density at radius 2 is 2.14 bits per heavy atom. The molecule has 0 aliphatic rings. The molecular formula is C9H8BrFO3. The molecule has 1 aromatic rings. The van der Waals surface area contributed by atoms with E-state index in [4.69, 9.17) is 5.11 Å². The van der Waals surface area contributed by atoms with E-state index in [-0.39, 0.29) is 10.0 Å². The number of carbonyl (C=O) groups is 1. The second-order valence-corrected chi connectivity index (χ2v) is 3.63. The fraction of sp³-hybridized carbons (Fsp3) is 0.222. The van der Waals surface area contributed by atoms with Gasteiger partial charge in [-0.2, -0.15) is 0 Å². The van der Waals surface area contributed by atoms with Gasteiger partial charge < -0.3 is 10.2 Å². The molecule has 76 valence electrons. The first kappa shape index (κ1) is 11.1. The van der Waals surface area contributed by atoms with E-state index < -0.39 is 17.9 Å². The summed E-state index contributed by atoms with van der Waals surface area (Å²) < 4.78 is 13.5. The Kier molecular flexibility index (Phi) is 3.23. The minimum Gasteiger partial charge on any atom is -0.479 e. The number of halogens is 2.